The lowest BCUT2D eigenvalue weighted by Crippen LogP contribution is -2.54. The maximum Gasteiger partial charge on any atom is 0.328 e. The molecular formula is C58H42B2N6. The fourth-order valence-electron chi connectivity index (χ4n) is 9.62. The monoisotopic (exact) mass is 844 g/mol. The molecule has 66 heavy (non-hydrogen) atoms. The fraction of sp³-hybridized carbons (Fsp3) is 0.0345. The lowest BCUT2D eigenvalue weighted by atomic mass is 9.50. The highest BCUT2D eigenvalue weighted by molar-refractivity contribution is 6.85. The van der Waals surface area contributed by atoms with Crippen LogP contribution in [0.4, 0.5) is 0 Å². The number of fused-ring (bicyclic) bond motifs is 1. The quantitative estimate of drug-likeness (QED) is 0.131. The average Bonchev–Trinajstić information content (AvgIpc) is 3.86. The Hall–Kier alpha value is -8.71. The van der Waals surface area contributed by atoms with Crippen LogP contribution in [0.2, 0.25) is 0 Å². The molecule has 4 heterocycles. The summed E-state index contributed by atoms with van der Waals surface area (Å²) in [6.07, 6.45) is 3.49. The summed E-state index contributed by atoms with van der Waals surface area (Å²) >= 11 is 0. The third-order valence-electron chi connectivity index (χ3n) is 12.5. The van der Waals surface area contributed by atoms with Gasteiger partial charge in [0.15, 0.2) is 0 Å². The summed E-state index contributed by atoms with van der Waals surface area (Å²) in [4.78, 5) is 9.82. The highest BCUT2D eigenvalue weighted by Crippen LogP contribution is 2.38. The third kappa shape index (κ3) is 7.31. The van der Waals surface area contributed by atoms with Gasteiger partial charge in [-0.05, 0) is 49.2 Å². The molecule has 0 aliphatic rings. The second-order valence-corrected chi connectivity index (χ2v) is 16.4. The molecule has 6 nitrogen and oxygen atoms in total. The molecule has 0 aliphatic carbocycles. The van der Waals surface area contributed by atoms with Gasteiger partial charge in [-0.2, -0.15) is 10.5 Å². The molecule has 6 aromatic carbocycles. The Morgan fingerprint density at radius 1 is 0.394 bits per heavy atom. The minimum Gasteiger partial charge on any atom is -0.374 e. The molecule has 0 N–H and O–H groups in total. The highest BCUT2D eigenvalue weighted by Gasteiger charge is 2.37. The Labute approximate surface area is 385 Å². The second-order valence-electron chi connectivity index (χ2n) is 16.4. The van der Waals surface area contributed by atoms with Crippen LogP contribution in [-0.2, 0) is 0 Å². The minimum atomic E-state index is -0.443. The maximum absolute atomic E-state index is 11.9. The molecule has 0 saturated heterocycles. The van der Waals surface area contributed by atoms with Crippen molar-refractivity contribution in [3.05, 3.63) is 252 Å². The van der Waals surface area contributed by atoms with E-state index < -0.39 is 13.7 Å². The van der Waals surface area contributed by atoms with Crippen molar-refractivity contribution >= 4 is 57.5 Å². The zero-order chi connectivity index (χ0) is 45.0. The Morgan fingerprint density at radius 3 is 0.985 bits per heavy atom. The van der Waals surface area contributed by atoms with E-state index in [2.05, 4.69) is 181 Å². The topological polar surface area (TPSA) is 83.2 Å². The van der Waals surface area contributed by atoms with Gasteiger partial charge in [-0.1, -0.05) is 204 Å². The summed E-state index contributed by atoms with van der Waals surface area (Å²) in [5.74, 6) is 0. The molecule has 310 valence electrons. The molecule has 8 heteroatoms. The van der Waals surface area contributed by atoms with Gasteiger partial charge in [0.2, 0.25) is 0 Å². The molecule has 10 aromatic rings. The van der Waals surface area contributed by atoms with Crippen molar-refractivity contribution in [2.75, 3.05) is 0 Å². The summed E-state index contributed by atoms with van der Waals surface area (Å²) in [7, 11) is 0. The van der Waals surface area contributed by atoms with E-state index in [0.717, 1.165) is 66.3 Å². The molecule has 0 atom stereocenters. The van der Waals surface area contributed by atoms with Gasteiger partial charge in [-0.3, -0.25) is 9.97 Å². The Kier molecular flexibility index (Phi) is 11.4. The van der Waals surface area contributed by atoms with Gasteiger partial charge in [-0.15, -0.1) is 0 Å². The number of nitrogens with zero attached hydrogens (tertiary/aromatic N) is 6. The normalized spacial score (nSPS) is 11.9. The first-order valence-corrected chi connectivity index (χ1v) is 22.1. The molecular weight excluding hydrogens is 802 g/mol. The van der Waals surface area contributed by atoms with Crippen molar-refractivity contribution in [2.24, 2.45) is 0 Å². The van der Waals surface area contributed by atoms with Crippen LogP contribution >= 0.6 is 0 Å². The largest absolute Gasteiger partial charge is 0.374 e. The van der Waals surface area contributed by atoms with Gasteiger partial charge in [0.25, 0.3) is 0 Å². The Balaban J connectivity index is 1.63. The van der Waals surface area contributed by atoms with E-state index >= 15 is 0 Å². The van der Waals surface area contributed by atoms with Crippen molar-refractivity contribution in [1.29, 1.82) is 10.5 Å². The molecule has 0 bridgehead atoms. The van der Waals surface area contributed by atoms with Crippen molar-refractivity contribution in [2.45, 2.75) is 13.8 Å². The van der Waals surface area contributed by atoms with E-state index in [-0.39, 0.29) is 0 Å². The minimum absolute atomic E-state index is 0.406. The first kappa shape index (κ1) is 41.3. The summed E-state index contributed by atoms with van der Waals surface area (Å²) < 4.78 is 4.74. The highest BCUT2D eigenvalue weighted by atomic mass is 15.0. The van der Waals surface area contributed by atoms with Crippen LogP contribution < -0.4 is 32.5 Å². The summed E-state index contributed by atoms with van der Waals surface area (Å²) in [5.41, 5.74) is 11.8. The van der Waals surface area contributed by atoms with E-state index in [1.54, 1.807) is 12.4 Å². The third-order valence-corrected chi connectivity index (χ3v) is 12.5. The van der Waals surface area contributed by atoms with Gasteiger partial charge in [0.1, 0.15) is 23.3 Å². The molecule has 0 aliphatic heterocycles. The number of hydrogen-bond acceptors (Lipinski definition) is 4. The van der Waals surface area contributed by atoms with Crippen molar-refractivity contribution in [1.82, 2.24) is 18.9 Å². The standard InChI is InChI=1S/C58H42B2N6/c1-41-23-15-17-33-47(41)55-53-54(58(50(40-62)52-36-20-22-38-64-52)65(55)59(43-25-7-3-8-26-43)44-27-9-4-10-28-44)56(48-34-18-16-24-42(48)2)66(57(53)49(39-61)51-35-19-21-37-63-51)60(45-29-11-5-12-30-45)46-31-13-6-14-32-46/h3-38H,1-2H3/b57-49-,58-50-. The average molecular weight is 845 g/mol. The van der Waals surface area contributed by atoms with Crippen molar-refractivity contribution < 1.29 is 0 Å². The van der Waals surface area contributed by atoms with Gasteiger partial charge < -0.3 is 8.96 Å². The number of rotatable bonds is 10. The summed E-state index contributed by atoms with van der Waals surface area (Å²) in [6.45, 7) is 3.38. The van der Waals surface area contributed by atoms with E-state index in [4.69, 9.17) is 9.97 Å². The molecule has 0 saturated carbocycles. The second kappa shape index (κ2) is 18.2. The molecule has 10 rings (SSSR count). The molecule has 0 amide bonds. The zero-order valence-electron chi connectivity index (χ0n) is 36.6. The predicted molar refractivity (Wildman–Crippen MR) is 271 cm³/mol. The van der Waals surface area contributed by atoms with Gasteiger partial charge in [0, 0.05) is 45.7 Å². The zero-order valence-corrected chi connectivity index (χ0v) is 36.6. The van der Waals surface area contributed by atoms with E-state index in [9.17, 15) is 10.5 Å². The summed E-state index contributed by atoms with van der Waals surface area (Å²) in [6, 6.07) is 75.7. The first-order valence-electron chi connectivity index (χ1n) is 22.1. The Bertz CT molecular complexity index is 3240. The lowest BCUT2D eigenvalue weighted by molar-refractivity contribution is 1.12. The smallest absolute Gasteiger partial charge is 0.328 e. The molecule has 4 aromatic heterocycles. The van der Waals surface area contributed by atoms with Gasteiger partial charge in [-0.25, -0.2) is 0 Å². The van der Waals surface area contributed by atoms with Crippen molar-refractivity contribution in [3.63, 3.8) is 0 Å². The van der Waals surface area contributed by atoms with Crippen LogP contribution in [0.15, 0.2) is 219 Å². The SMILES string of the molecule is Cc1ccccc1-c1c2/c(=C(\C#N)c3ccccn3)n(B(c3ccccc3)c3ccccc3)c(-c3ccccc3C)c2/c(=C(\C#N)c2ccccn2)n1B(c1ccccc1)c1ccccc1. The first-order chi connectivity index (χ1) is 32.6. The van der Waals surface area contributed by atoms with Crippen molar-refractivity contribution in [3.8, 4) is 34.7 Å². The van der Waals surface area contributed by atoms with Crippen LogP contribution in [0.5, 0.6) is 0 Å². The van der Waals surface area contributed by atoms with Crippen LogP contribution in [0.25, 0.3) is 44.4 Å². The van der Waals surface area contributed by atoms with E-state index in [1.807, 2.05) is 60.7 Å². The van der Waals surface area contributed by atoms with Crippen LogP contribution in [0.3, 0.4) is 0 Å². The predicted octanol–water partition coefficient (Wildman–Crippen LogP) is 7.94. The lowest BCUT2D eigenvalue weighted by Gasteiger charge is -2.25. The van der Waals surface area contributed by atoms with E-state index in [0.29, 0.717) is 33.2 Å². The van der Waals surface area contributed by atoms with Gasteiger partial charge >= 0.3 is 13.7 Å². The number of pyridine rings is 2. The summed E-state index contributed by atoms with van der Waals surface area (Å²) in [5, 5.41) is 26.7. The number of nitriles is 2. The number of aryl methyl sites for hydroxylation is 2. The fourth-order valence-corrected chi connectivity index (χ4v) is 9.62. The number of aromatic nitrogens is 4. The van der Waals surface area contributed by atoms with Crippen LogP contribution in [0, 0.1) is 36.5 Å². The number of benzene rings is 6. The molecule has 0 unspecified atom stereocenters. The van der Waals surface area contributed by atoms with E-state index in [1.165, 1.54) is 0 Å². The molecule has 0 fully saturated rings. The molecule has 0 radical (unpaired) electrons. The maximum atomic E-state index is 11.9. The van der Waals surface area contributed by atoms with Gasteiger partial charge in [0.05, 0.1) is 22.1 Å². The Morgan fingerprint density at radius 2 is 0.697 bits per heavy atom. The van der Waals surface area contributed by atoms with Crippen LogP contribution in [0.1, 0.15) is 22.5 Å². The molecule has 0 spiro atoms. The number of hydrogen-bond donors (Lipinski definition) is 0. The van der Waals surface area contributed by atoms with Crippen LogP contribution in [-0.4, -0.2) is 32.6 Å².